The monoisotopic (exact) mass is 389 g/mol. The Balaban J connectivity index is 1.32. The summed E-state index contributed by atoms with van der Waals surface area (Å²) in [6.07, 6.45) is 1.26. The number of benzene rings is 2. The predicted molar refractivity (Wildman–Crippen MR) is 100 cm³/mol. The van der Waals surface area contributed by atoms with Crippen LogP contribution in [0.25, 0.3) is 10.2 Å². The first-order valence-corrected chi connectivity index (χ1v) is 9.43. The maximum atomic E-state index is 13.7. The van der Waals surface area contributed by atoms with Crippen LogP contribution >= 0.6 is 11.3 Å². The normalized spacial score (nSPS) is 15.1. The van der Waals surface area contributed by atoms with Crippen LogP contribution in [0.2, 0.25) is 0 Å². The number of likely N-dealkylation sites (tertiary alicyclic amines) is 1. The number of amides is 2. The molecule has 0 radical (unpaired) electrons. The second-order valence-electron chi connectivity index (χ2n) is 6.31. The molecule has 2 aromatic carbocycles. The number of thiazole rings is 1. The van der Waals surface area contributed by atoms with Crippen molar-refractivity contribution in [1.82, 2.24) is 9.88 Å². The number of hydrogen-bond donors (Lipinski definition) is 1. The van der Waals surface area contributed by atoms with Gasteiger partial charge in [0, 0.05) is 31.6 Å². The van der Waals surface area contributed by atoms with E-state index >= 15 is 0 Å². The molecule has 1 N–H and O–H groups in total. The lowest BCUT2D eigenvalue weighted by Crippen LogP contribution is -2.43. The zero-order valence-electron chi connectivity index (χ0n) is 14.3. The minimum absolute atomic E-state index is 0.0662. The van der Waals surface area contributed by atoms with E-state index in [1.807, 2.05) is 6.07 Å². The lowest BCUT2D eigenvalue weighted by molar-refractivity contribution is 0.115. The summed E-state index contributed by atoms with van der Waals surface area (Å²) in [6.45, 7) is 1.08. The highest BCUT2D eigenvalue weighted by atomic mass is 32.1. The zero-order chi connectivity index (χ0) is 18.8. The quantitative estimate of drug-likeness (QED) is 0.709. The van der Waals surface area contributed by atoms with Crippen LogP contribution in [0.3, 0.4) is 0 Å². The fourth-order valence-electron chi connectivity index (χ4n) is 3.00. The predicted octanol–water partition coefficient (Wildman–Crippen LogP) is 4.65. The van der Waals surface area contributed by atoms with Gasteiger partial charge in [-0.2, -0.15) is 4.98 Å². The van der Waals surface area contributed by atoms with E-state index < -0.39 is 0 Å². The standard InChI is InChI=1S/C19H17F2N3O2S/c20-12-4-6-13(7-5-12)22-18(25)24-10-8-14(9-11-24)26-19-23-17-15(21)2-1-3-16(17)27-19/h1-7,14H,8-11H2,(H,22,25). The summed E-state index contributed by atoms with van der Waals surface area (Å²) >= 11 is 1.32. The molecule has 0 unspecified atom stereocenters. The number of rotatable bonds is 3. The van der Waals surface area contributed by atoms with Crippen LogP contribution in [0, 0.1) is 11.6 Å². The average Bonchev–Trinajstić information content (AvgIpc) is 3.08. The highest BCUT2D eigenvalue weighted by Gasteiger charge is 2.25. The molecule has 27 heavy (non-hydrogen) atoms. The van der Waals surface area contributed by atoms with Crippen LogP contribution in [0.4, 0.5) is 19.3 Å². The smallest absolute Gasteiger partial charge is 0.321 e. The molecule has 8 heteroatoms. The van der Waals surface area contributed by atoms with Gasteiger partial charge in [0.15, 0.2) is 0 Å². The van der Waals surface area contributed by atoms with E-state index in [9.17, 15) is 13.6 Å². The van der Waals surface area contributed by atoms with Gasteiger partial charge in [-0.05, 0) is 36.4 Å². The summed E-state index contributed by atoms with van der Waals surface area (Å²) in [5.41, 5.74) is 0.880. The number of piperidine rings is 1. The van der Waals surface area contributed by atoms with Crippen molar-refractivity contribution in [2.24, 2.45) is 0 Å². The molecule has 1 aromatic heterocycles. The van der Waals surface area contributed by atoms with E-state index in [4.69, 9.17) is 4.74 Å². The number of para-hydroxylation sites is 1. The van der Waals surface area contributed by atoms with Gasteiger partial charge in [0.05, 0.1) is 4.70 Å². The Kier molecular flexibility index (Phi) is 4.89. The number of aromatic nitrogens is 1. The molecule has 140 valence electrons. The van der Waals surface area contributed by atoms with Crippen LogP contribution in [0.5, 0.6) is 5.19 Å². The van der Waals surface area contributed by atoms with Gasteiger partial charge in [-0.1, -0.05) is 17.4 Å². The van der Waals surface area contributed by atoms with E-state index in [2.05, 4.69) is 10.3 Å². The van der Waals surface area contributed by atoms with Crippen molar-refractivity contribution in [3.05, 3.63) is 54.1 Å². The first-order valence-electron chi connectivity index (χ1n) is 8.62. The second-order valence-corrected chi connectivity index (χ2v) is 7.30. The fourth-order valence-corrected chi connectivity index (χ4v) is 3.90. The van der Waals surface area contributed by atoms with Crippen molar-refractivity contribution in [2.45, 2.75) is 18.9 Å². The number of ether oxygens (including phenoxy) is 1. The molecule has 1 aliphatic rings. The van der Waals surface area contributed by atoms with Gasteiger partial charge in [0.1, 0.15) is 23.3 Å². The Morgan fingerprint density at radius 1 is 1.15 bits per heavy atom. The molecule has 2 heterocycles. The molecule has 1 saturated heterocycles. The number of nitrogens with one attached hydrogen (secondary N) is 1. The Hall–Kier alpha value is -2.74. The molecule has 3 aromatic rings. The van der Waals surface area contributed by atoms with Gasteiger partial charge in [-0.15, -0.1) is 0 Å². The lowest BCUT2D eigenvalue weighted by Gasteiger charge is -2.31. The molecule has 1 aliphatic heterocycles. The molecule has 5 nitrogen and oxygen atoms in total. The van der Waals surface area contributed by atoms with Gasteiger partial charge in [0.2, 0.25) is 0 Å². The molecule has 0 spiro atoms. The van der Waals surface area contributed by atoms with Crippen molar-refractivity contribution in [1.29, 1.82) is 0 Å². The number of urea groups is 1. The maximum Gasteiger partial charge on any atom is 0.321 e. The molecule has 1 fully saturated rings. The van der Waals surface area contributed by atoms with E-state index in [0.717, 1.165) is 4.70 Å². The summed E-state index contributed by atoms with van der Waals surface area (Å²) in [5.74, 6) is -0.702. The Morgan fingerprint density at radius 3 is 2.59 bits per heavy atom. The third-order valence-corrected chi connectivity index (χ3v) is 5.35. The van der Waals surface area contributed by atoms with Crippen molar-refractivity contribution in [3.63, 3.8) is 0 Å². The summed E-state index contributed by atoms with van der Waals surface area (Å²) < 4.78 is 33.3. The average molecular weight is 389 g/mol. The topological polar surface area (TPSA) is 54.5 Å². The zero-order valence-corrected chi connectivity index (χ0v) is 15.1. The third kappa shape index (κ3) is 4.00. The fraction of sp³-hybridized carbons (Fsp3) is 0.263. The third-order valence-electron chi connectivity index (χ3n) is 4.44. The second kappa shape index (κ2) is 7.48. The first-order chi connectivity index (χ1) is 13.1. The van der Waals surface area contributed by atoms with Gasteiger partial charge in [-0.3, -0.25) is 0 Å². The Bertz CT molecular complexity index is 953. The molecular formula is C19H17F2N3O2S. The van der Waals surface area contributed by atoms with Crippen LogP contribution < -0.4 is 10.1 Å². The Morgan fingerprint density at radius 2 is 1.89 bits per heavy atom. The minimum Gasteiger partial charge on any atom is -0.467 e. The first kappa shape index (κ1) is 17.7. The highest BCUT2D eigenvalue weighted by Crippen LogP contribution is 2.31. The number of halogens is 2. The van der Waals surface area contributed by atoms with Crippen LogP contribution in [0.1, 0.15) is 12.8 Å². The van der Waals surface area contributed by atoms with Gasteiger partial charge >= 0.3 is 6.03 Å². The number of hydrogen-bond acceptors (Lipinski definition) is 4. The van der Waals surface area contributed by atoms with Crippen LogP contribution in [-0.4, -0.2) is 35.1 Å². The highest BCUT2D eigenvalue weighted by molar-refractivity contribution is 7.20. The van der Waals surface area contributed by atoms with Gasteiger partial charge in [0.25, 0.3) is 5.19 Å². The summed E-state index contributed by atoms with van der Waals surface area (Å²) in [6, 6.07) is 10.3. The summed E-state index contributed by atoms with van der Waals surface area (Å²) in [7, 11) is 0. The number of carbonyl (C=O) groups is 1. The van der Waals surface area contributed by atoms with E-state index in [1.165, 1.54) is 41.7 Å². The Labute approximate surface area is 158 Å². The van der Waals surface area contributed by atoms with E-state index in [1.54, 1.807) is 11.0 Å². The number of fused-ring (bicyclic) bond motifs is 1. The van der Waals surface area contributed by atoms with Gasteiger partial charge in [-0.25, -0.2) is 13.6 Å². The SMILES string of the molecule is O=C(Nc1ccc(F)cc1)N1CCC(Oc2nc3c(F)cccc3s2)CC1. The molecule has 0 bridgehead atoms. The number of anilines is 1. The molecule has 4 rings (SSSR count). The lowest BCUT2D eigenvalue weighted by atomic mass is 10.1. The van der Waals surface area contributed by atoms with Crippen molar-refractivity contribution < 1.29 is 18.3 Å². The van der Waals surface area contributed by atoms with Crippen LogP contribution in [0.15, 0.2) is 42.5 Å². The molecule has 0 aliphatic carbocycles. The van der Waals surface area contributed by atoms with E-state index in [-0.39, 0.29) is 23.8 Å². The summed E-state index contributed by atoms with van der Waals surface area (Å²) in [4.78, 5) is 18.2. The van der Waals surface area contributed by atoms with E-state index in [0.29, 0.717) is 42.3 Å². The van der Waals surface area contributed by atoms with Crippen LogP contribution in [-0.2, 0) is 0 Å². The molecular weight excluding hydrogens is 372 g/mol. The van der Waals surface area contributed by atoms with Crippen molar-refractivity contribution >= 4 is 33.3 Å². The number of carbonyl (C=O) groups excluding carboxylic acids is 1. The van der Waals surface area contributed by atoms with Crippen molar-refractivity contribution in [3.8, 4) is 5.19 Å². The van der Waals surface area contributed by atoms with Gasteiger partial charge < -0.3 is 15.0 Å². The number of nitrogens with zero attached hydrogens (tertiary/aromatic N) is 2. The van der Waals surface area contributed by atoms with Crippen molar-refractivity contribution in [2.75, 3.05) is 18.4 Å². The maximum absolute atomic E-state index is 13.7. The molecule has 0 atom stereocenters. The molecule has 2 amide bonds. The minimum atomic E-state index is -0.356. The summed E-state index contributed by atoms with van der Waals surface area (Å²) in [5, 5.41) is 3.20. The molecule has 0 saturated carbocycles. The largest absolute Gasteiger partial charge is 0.467 e.